The van der Waals surface area contributed by atoms with Crippen molar-refractivity contribution in [1.29, 1.82) is 0 Å². The second-order valence-electron chi connectivity index (χ2n) is 5.53. The Morgan fingerprint density at radius 1 is 1.40 bits per heavy atom. The van der Waals surface area contributed by atoms with Gasteiger partial charge in [-0.15, -0.1) is 11.3 Å². The lowest BCUT2D eigenvalue weighted by Crippen LogP contribution is -2.47. The maximum Gasteiger partial charge on any atom is 0.107 e. The Hall–Kier alpha value is -1.23. The van der Waals surface area contributed by atoms with Gasteiger partial charge in [0.1, 0.15) is 5.01 Å². The minimum atomic E-state index is 0.0680. The summed E-state index contributed by atoms with van der Waals surface area (Å²) in [6.45, 7) is 6.02. The highest BCUT2D eigenvalue weighted by Crippen LogP contribution is 2.26. The Morgan fingerprint density at radius 3 is 2.90 bits per heavy atom. The standard InChI is InChI=1S/C16H20N2OS/c1-12-16(2,8-9-19-12)17-10-15-18-14(11-20-15)13-6-4-3-5-7-13/h3-7,11-12,17H,8-10H2,1-2H3. The zero-order valence-corrected chi connectivity index (χ0v) is 12.7. The van der Waals surface area contributed by atoms with Crippen LogP contribution in [0.4, 0.5) is 0 Å². The molecule has 1 aromatic carbocycles. The molecule has 4 heteroatoms. The molecule has 0 radical (unpaired) electrons. The van der Waals surface area contributed by atoms with Crippen LogP contribution in [0.25, 0.3) is 11.3 Å². The van der Waals surface area contributed by atoms with Gasteiger partial charge in [-0.2, -0.15) is 0 Å². The van der Waals surface area contributed by atoms with Crippen LogP contribution in [0.5, 0.6) is 0 Å². The van der Waals surface area contributed by atoms with Crippen LogP contribution in [0.1, 0.15) is 25.3 Å². The van der Waals surface area contributed by atoms with Crippen molar-refractivity contribution in [3.05, 3.63) is 40.7 Å². The molecule has 0 spiro atoms. The Morgan fingerprint density at radius 2 is 2.20 bits per heavy atom. The minimum absolute atomic E-state index is 0.0680. The van der Waals surface area contributed by atoms with E-state index in [4.69, 9.17) is 9.72 Å². The van der Waals surface area contributed by atoms with Crippen molar-refractivity contribution in [2.75, 3.05) is 6.61 Å². The van der Waals surface area contributed by atoms with E-state index in [0.29, 0.717) is 0 Å². The number of rotatable bonds is 4. The third kappa shape index (κ3) is 2.77. The number of thiazole rings is 1. The zero-order chi connectivity index (χ0) is 14.0. The van der Waals surface area contributed by atoms with Gasteiger partial charge in [-0.3, -0.25) is 0 Å². The smallest absolute Gasteiger partial charge is 0.107 e. The Labute approximate surface area is 124 Å². The maximum absolute atomic E-state index is 5.65. The number of aromatic nitrogens is 1. The molecule has 1 aliphatic heterocycles. The highest BCUT2D eigenvalue weighted by Gasteiger charge is 2.36. The summed E-state index contributed by atoms with van der Waals surface area (Å²) in [7, 11) is 0. The van der Waals surface area contributed by atoms with Crippen molar-refractivity contribution in [1.82, 2.24) is 10.3 Å². The molecule has 1 fully saturated rings. The molecule has 2 atom stereocenters. The molecule has 1 aromatic heterocycles. The molecule has 2 aromatic rings. The second-order valence-corrected chi connectivity index (χ2v) is 6.47. The normalized spacial score (nSPS) is 26.0. The summed E-state index contributed by atoms with van der Waals surface area (Å²) < 4.78 is 5.65. The number of hydrogen-bond acceptors (Lipinski definition) is 4. The Balaban J connectivity index is 1.66. The van der Waals surface area contributed by atoms with E-state index in [1.165, 1.54) is 5.56 Å². The third-order valence-corrected chi connectivity index (χ3v) is 5.00. The van der Waals surface area contributed by atoms with E-state index in [-0.39, 0.29) is 11.6 Å². The minimum Gasteiger partial charge on any atom is -0.377 e. The molecule has 0 aliphatic carbocycles. The van der Waals surface area contributed by atoms with Crippen LogP contribution in [0, 0.1) is 0 Å². The topological polar surface area (TPSA) is 34.1 Å². The van der Waals surface area contributed by atoms with Crippen LogP contribution >= 0.6 is 11.3 Å². The van der Waals surface area contributed by atoms with Gasteiger partial charge in [0, 0.05) is 29.6 Å². The average molecular weight is 288 g/mol. The fraction of sp³-hybridized carbons (Fsp3) is 0.438. The van der Waals surface area contributed by atoms with Crippen LogP contribution in [0.15, 0.2) is 35.7 Å². The van der Waals surface area contributed by atoms with Crippen molar-refractivity contribution in [3.63, 3.8) is 0 Å². The molecule has 1 aliphatic rings. The van der Waals surface area contributed by atoms with Crippen molar-refractivity contribution >= 4 is 11.3 Å². The summed E-state index contributed by atoms with van der Waals surface area (Å²) in [5.41, 5.74) is 2.31. The highest BCUT2D eigenvalue weighted by molar-refractivity contribution is 7.09. The first-order chi connectivity index (χ1) is 9.67. The quantitative estimate of drug-likeness (QED) is 0.935. The molecule has 3 rings (SSSR count). The van der Waals surface area contributed by atoms with Gasteiger partial charge in [0.15, 0.2) is 0 Å². The molecule has 0 bridgehead atoms. The number of hydrogen-bond donors (Lipinski definition) is 1. The maximum atomic E-state index is 5.65. The van der Waals surface area contributed by atoms with Gasteiger partial charge in [-0.1, -0.05) is 30.3 Å². The average Bonchev–Trinajstić information content (AvgIpc) is 3.06. The van der Waals surface area contributed by atoms with Crippen LogP contribution < -0.4 is 5.32 Å². The monoisotopic (exact) mass is 288 g/mol. The van der Waals surface area contributed by atoms with E-state index in [1.54, 1.807) is 11.3 Å². The van der Waals surface area contributed by atoms with Crippen molar-refractivity contribution in [2.24, 2.45) is 0 Å². The number of nitrogens with zero attached hydrogens (tertiary/aromatic N) is 1. The predicted molar refractivity (Wildman–Crippen MR) is 82.8 cm³/mol. The Bertz CT molecular complexity index is 569. The van der Waals surface area contributed by atoms with Crippen molar-refractivity contribution in [2.45, 2.75) is 38.5 Å². The van der Waals surface area contributed by atoms with Crippen molar-refractivity contribution < 1.29 is 4.74 Å². The first-order valence-corrected chi connectivity index (χ1v) is 7.92. The van der Waals surface area contributed by atoms with E-state index < -0.39 is 0 Å². The van der Waals surface area contributed by atoms with E-state index in [2.05, 4.69) is 36.7 Å². The fourth-order valence-corrected chi connectivity index (χ4v) is 3.22. The van der Waals surface area contributed by atoms with Gasteiger partial charge in [0.2, 0.25) is 0 Å². The summed E-state index contributed by atoms with van der Waals surface area (Å²) in [6, 6.07) is 10.3. The van der Waals surface area contributed by atoms with E-state index >= 15 is 0 Å². The van der Waals surface area contributed by atoms with Crippen LogP contribution in [0.3, 0.4) is 0 Å². The predicted octanol–water partition coefficient (Wildman–Crippen LogP) is 3.47. The molecule has 0 amide bonds. The molecular formula is C16H20N2OS. The fourth-order valence-electron chi connectivity index (χ4n) is 2.48. The summed E-state index contributed by atoms with van der Waals surface area (Å²) in [5, 5.41) is 6.87. The summed E-state index contributed by atoms with van der Waals surface area (Å²) in [4.78, 5) is 4.71. The first kappa shape index (κ1) is 13.7. The Kier molecular flexibility index (Phi) is 3.87. The van der Waals surface area contributed by atoms with E-state index in [9.17, 15) is 0 Å². The molecule has 1 saturated heterocycles. The number of nitrogens with one attached hydrogen (secondary N) is 1. The van der Waals surface area contributed by atoms with Gasteiger partial charge in [0.25, 0.3) is 0 Å². The lowest BCUT2D eigenvalue weighted by molar-refractivity contribution is 0.0881. The van der Waals surface area contributed by atoms with Gasteiger partial charge in [-0.25, -0.2) is 4.98 Å². The van der Waals surface area contributed by atoms with E-state index in [0.717, 1.165) is 30.3 Å². The van der Waals surface area contributed by atoms with Crippen LogP contribution in [-0.4, -0.2) is 23.2 Å². The van der Waals surface area contributed by atoms with Crippen molar-refractivity contribution in [3.8, 4) is 11.3 Å². The summed E-state index contributed by atoms with van der Waals surface area (Å²) in [5.74, 6) is 0. The molecule has 2 heterocycles. The molecule has 106 valence electrons. The zero-order valence-electron chi connectivity index (χ0n) is 11.9. The summed E-state index contributed by atoms with van der Waals surface area (Å²) in [6.07, 6.45) is 1.32. The van der Waals surface area contributed by atoms with E-state index in [1.807, 2.05) is 18.2 Å². The number of ether oxygens (including phenoxy) is 1. The van der Waals surface area contributed by atoms with Crippen LogP contribution in [-0.2, 0) is 11.3 Å². The van der Waals surface area contributed by atoms with Gasteiger partial charge < -0.3 is 10.1 Å². The SMILES string of the molecule is CC1OCCC1(C)NCc1nc(-c2ccccc2)cs1. The second kappa shape index (κ2) is 5.64. The third-order valence-electron chi connectivity index (χ3n) is 4.15. The van der Waals surface area contributed by atoms with Gasteiger partial charge in [0.05, 0.1) is 11.8 Å². The molecule has 2 unspecified atom stereocenters. The molecule has 0 saturated carbocycles. The van der Waals surface area contributed by atoms with Gasteiger partial charge >= 0.3 is 0 Å². The number of benzene rings is 1. The lowest BCUT2D eigenvalue weighted by atomic mass is 9.95. The summed E-state index contributed by atoms with van der Waals surface area (Å²) >= 11 is 1.71. The van der Waals surface area contributed by atoms with Gasteiger partial charge in [-0.05, 0) is 20.3 Å². The first-order valence-electron chi connectivity index (χ1n) is 7.04. The molecule has 3 nitrogen and oxygen atoms in total. The highest BCUT2D eigenvalue weighted by atomic mass is 32.1. The van der Waals surface area contributed by atoms with Crippen LogP contribution in [0.2, 0.25) is 0 Å². The largest absolute Gasteiger partial charge is 0.377 e. The molecule has 20 heavy (non-hydrogen) atoms. The lowest BCUT2D eigenvalue weighted by Gasteiger charge is -2.28. The molecular weight excluding hydrogens is 268 g/mol. The molecule has 1 N–H and O–H groups in total.